The lowest BCUT2D eigenvalue weighted by Gasteiger charge is -2.26. The maximum absolute atomic E-state index is 12.6. The van der Waals surface area contributed by atoms with Crippen molar-refractivity contribution in [2.45, 2.75) is 11.3 Å². The Kier molecular flexibility index (Phi) is 7.44. The summed E-state index contributed by atoms with van der Waals surface area (Å²) >= 11 is 6.05. The molecule has 1 saturated heterocycles. The van der Waals surface area contributed by atoms with Crippen LogP contribution >= 0.6 is 11.6 Å². The Morgan fingerprint density at radius 2 is 1.79 bits per heavy atom. The van der Waals surface area contributed by atoms with Crippen molar-refractivity contribution in [2.75, 3.05) is 32.8 Å². The second-order valence-electron chi connectivity index (χ2n) is 6.56. The summed E-state index contributed by atoms with van der Waals surface area (Å²) in [5.74, 6) is -0.212. The van der Waals surface area contributed by atoms with Gasteiger partial charge in [-0.3, -0.25) is 4.79 Å². The highest BCUT2D eigenvalue weighted by Gasteiger charge is 2.25. The van der Waals surface area contributed by atoms with Gasteiger partial charge in [0, 0.05) is 30.7 Å². The average molecular weight is 435 g/mol. The first-order chi connectivity index (χ1) is 14.0. The minimum Gasteiger partial charge on any atom is -0.379 e. The van der Waals surface area contributed by atoms with Crippen LogP contribution in [-0.4, -0.2) is 51.5 Å². The summed E-state index contributed by atoms with van der Waals surface area (Å²) in [5, 5.41) is 3.39. The first-order valence-corrected chi connectivity index (χ1v) is 11.2. The maximum Gasteiger partial charge on any atom is 0.244 e. The van der Waals surface area contributed by atoms with Crippen molar-refractivity contribution in [3.8, 4) is 0 Å². The summed E-state index contributed by atoms with van der Waals surface area (Å²) in [4.78, 5) is 12.2. The number of sulfonamides is 1. The number of rotatable bonds is 7. The minimum absolute atomic E-state index is 0.212. The van der Waals surface area contributed by atoms with Gasteiger partial charge in [-0.1, -0.05) is 41.9 Å². The molecule has 2 aromatic carbocycles. The van der Waals surface area contributed by atoms with Crippen molar-refractivity contribution >= 4 is 33.6 Å². The molecule has 3 rings (SSSR count). The first kappa shape index (κ1) is 21.5. The Labute approximate surface area is 176 Å². The van der Waals surface area contributed by atoms with Crippen LogP contribution < -0.4 is 5.32 Å². The van der Waals surface area contributed by atoms with E-state index in [9.17, 15) is 13.2 Å². The quantitative estimate of drug-likeness (QED) is 0.680. The van der Waals surface area contributed by atoms with Crippen molar-refractivity contribution in [1.82, 2.24) is 9.62 Å². The van der Waals surface area contributed by atoms with Gasteiger partial charge < -0.3 is 10.1 Å². The second-order valence-corrected chi connectivity index (χ2v) is 8.90. The molecule has 1 heterocycles. The molecule has 0 saturated carbocycles. The van der Waals surface area contributed by atoms with Crippen LogP contribution in [0.15, 0.2) is 59.5 Å². The number of halogens is 1. The van der Waals surface area contributed by atoms with Gasteiger partial charge in [-0.15, -0.1) is 0 Å². The molecule has 0 aromatic heterocycles. The van der Waals surface area contributed by atoms with Gasteiger partial charge in [-0.25, -0.2) is 8.42 Å². The fraction of sp³-hybridized carbons (Fsp3) is 0.286. The largest absolute Gasteiger partial charge is 0.379 e. The third-order valence-electron chi connectivity index (χ3n) is 4.56. The summed E-state index contributed by atoms with van der Waals surface area (Å²) in [6.07, 6.45) is 3.71. The third kappa shape index (κ3) is 5.90. The van der Waals surface area contributed by atoms with E-state index in [4.69, 9.17) is 16.3 Å². The van der Waals surface area contributed by atoms with Crippen molar-refractivity contribution in [1.29, 1.82) is 0 Å². The van der Waals surface area contributed by atoms with Crippen LogP contribution in [0.5, 0.6) is 0 Å². The zero-order chi connectivity index (χ0) is 20.7. The molecule has 29 heavy (non-hydrogen) atoms. The van der Waals surface area contributed by atoms with Gasteiger partial charge in [0.2, 0.25) is 15.9 Å². The van der Waals surface area contributed by atoms with E-state index in [0.29, 0.717) is 44.3 Å². The highest BCUT2D eigenvalue weighted by Crippen LogP contribution is 2.18. The Morgan fingerprint density at radius 1 is 1.10 bits per heavy atom. The number of hydrogen-bond acceptors (Lipinski definition) is 4. The number of benzene rings is 2. The van der Waals surface area contributed by atoms with Crippen LogP contribution in [0.3, 0.4) is 0 Å². The van der Waals surface area contributed by atoms with Gasteiger partial charge >= 0.3 is 0 Å². The van der Waals surface area contributed by atoms with E-state index in [1.165, 1.54) is 10.4 Å². The van der Waals surface area contributed by atoms with E-state index in [1.54, 1.807) is 36.4 Å². The predicted octanol–water partition coefficient (Wildman–Crippen LogP) is 2.73. The molecule has 1 aliphatic rings. The molecule has 0 aliphatic carbocycles. The summed E-state index contributed by atoms with van der Waals surface area (Å²) in [7, 11) is -3.49. The van der Waals surface area contributed by atoms with Crippen LogP contribution in [0.2, 0.25) is 5.02 Å². The van der Waals surface area contributed by atoms with Crippen LogP contribution in [0, 0.1) is 0 Å². The first-order valence-electron chi connectivity index (χ1n) is 9.34. The van der Waals surface area contributed by atoms with E-state index in [2.05, 4.69) is 5.32 Å². The zero-order valence-electron chi connectivity index (χ0n) is 15.9. The molecule has 8 heteroatoms. The molecule has 1 N–H and O–H groups in total. The third-order valence-corrected chi connectivity index (χ3v) is 6.82. The number of hydrogen-bond donors (Lipinski definition) is 1. The standard InChI is InChI=1S/C21H23ClN2O4S/c22-20-4-2-1-3-18(20)7-10-21(25)23-12-11-17-5-8-19(9-6-17)29(26,27)24-13-15-28-16-14-24/h1-10H,11-16H2,(H,23,25)/b10-7+. The normalized spacial score (nSPS) is 15.5. The topological polar surface area (TPSA) is 75.7 Å². The minimum atomic E-state index is -3.49. The van der Waals surface area contributed by atoms with Gasteiger partial charge in [0.1, 0.15) is 0 Å². The SMILES string of the molecule is O=C(/C=C/c1ccccc1Cl)NCCc1ccc(S(=O)(=O)N2CCOCC2)cc1. The van der Waals surface area contributed by atoms with Crippen LogP contribution in [0.25, 0.3) is 6.08 Å². The van der Waals surface area contributed by atoms with E-state index >= 15 is 0 Å². The molecule has 1 amide bonds. The molecule has 0 radical (unpaired) electrons. The van der Waals surface area contributed by atoms with Gasteiger partial charge in [0.05, 0.1) is 18.1 Å². The molecule has 6 nitrogen and oxygen atoms in total. The Bertz CT molecular complexity index is 968. The number of nitrogens with zero attached hydrogens (tertiary/aromatic N) is 1. The summed E-state index contributed by atoms with van der Waals surface area (Å²) in [6, 6.07) is 14.1. The predicted molar refractivity (Wildman–Crippen MR) is 113 cm³/mol. The van der Waals surface area contributed by atoms with Gasteiger partial charge in [-0.2, -0.15) is 4.31 Å². The lowest BCUT2D eigenvalue weighted by atomic mass is 10.1. The van der Waals surface area contributed by atoms with Crippen molar-refractivity contribution < 1.29 is 17.9 Å². The lowest BCUT2D eigenvalue weighted by Crippen LogP contribution is -2.40. The summed E-state index contributed by atoms with van der Waals surface area (Å²) in [6.45, 7) is 2.03. The number of nitrogens with one attached hydrogen (secondary N) is 1. The highest BCUT2D eigenvalue weighted by atomic mass is 35.5. The monoisotopic (exact) mass is 434 g/mol. The van der Waals surface area contributed by atoms with Gasteiger partial charge in [-0.05, 0) is 41.8 Å². The second kappa shape index (κ2) is 10.0. The molecule has 0 spiro atoms. The molecule has 1 aliphatic heterocycles. The Balaban J connectivity index is 1.50. The molecular weight excluding hydrogens is 412 g/mol. The Hall–Kier alpha value is -2.19. The number of carbonyl (C=O) groups is 1. The molecule has 2 aromatic rings. The van der Waals surface area contributed by atoms with Crippen LogP contribution in [0.1, 0.15) is 11.1 Å². The van der Waals surface area contributed by atoms with E-state index in [-0.39, 0.29) is 10.8 Å². The van der Waals surface area contributed by atoms with Crippen LogP contribution in [0.4, 0.5) is 0 Å². The summed E-state index contributed by atoms with van der Waals surface area (Å²) in [5.41, 5.74) is 1.72. The van der Waals surface area contributed by atoms with Crippen molar-refractivity contribution in [3.63, 3.8) is 0 Å². The van der Waals surface area contributed by atoms with E-state index < -0.39 is 10.0 Å². The molecular formula is C21H23ClN2O4S. The fourth-order valence-corrected chi connectivity index (χ4v) is 4.54. The smallest absolute Gasteiger partial charge is 0.244 e. The molecule has 0 unspecified atom stereocenters. The maximum atomic E-state index is 12.6. The fourth-order valence-electron chi connectivity index (χ4n) is 2.93. The van der Waals surface area contributed by atoms with Gasteiger partial charge in [0.25, 0.3) is 0 Å². The lowest BCUT2D eigenvalue weighted by molar-refractivity contribution is -0.116. The molecule has 154 valence electrons. The average Bonchev–Trinajstić information content (AvgIpc) is 2.74. The molecule has 0 atom stereocenters. The number of ether oxygens (including phenoxy) is 1. The van der Waals surface area contributed by atoms with Crippen LogP contribution in [-0.2, 0) is 26.0 Å². The highest BCUT2D eigenvalue weighted by molar-refractivity contribution is 7.89. The van der Waals surface area contributed by atoms with Crippen molar-refractivity contribution in [3.05, 3.63) is 70.8 Å². The molecule has 0 bridgehead atoms. The molecule has 1 fully saturated rings. The summed E-state index contributed by atoms with van der Waals surface area (Å²) < 4.78 is 31.9. The zero-order valence-corrected chi connectivity index (χ0v) is 17.5. The van der Waals surface area contributed by atoms with Gasteiger partial charge in [0.15, 0.2) is 0 Å². The number of morpholine rings is 1. The van der Waals surface area contributed by atoms with Crippen molar-refractivity contribution in [2.24, 2.45) is 0 Å². The Morgan fingerprint density at radius 3 is 2.48 bits per heavy atom. The van der Waals surface area contributed by atoms with E-state index in [1.807, 2.05) is 18.2 Å². The van der Waals surface area contributed by atoms with E-state index in [0.717, 1.165) is 11.1 Å². The number of carbonyl (C=O) groups excluding carboxylic acids is 1. The number of amides is 1.